The molecule has 0 radical (unpaired) electrons. The van der Waals surface area contributed by atoms with Crippen molar-refractivity contribution in [1.82, 2.24) is 9.47 Å². The summed E-state index contributed by atoms with van der Waals surface area (Å²) in [5.74, 6) is -0.476. The fourth-order valence-electron chi connectivity index (χ4n) is 4.44. The smallest absolute Gasteiger partial charge is 0.296 e. The van der Waals surface area contributed by atoms with Crippen molar-refractivity contribution in [3.63, 3.8) is 0 Å². The summed E-state index contributed by atoms with van der Waals surface area (Å²) in [6.45, 7) is 4.74. The Morgan fingerprint density at radius 2 is 1.65 bits per heavy atom. The number of nitrogens with zero attached hydrogens (tertiary/aromatic N) is 2. The molecule has 0 spiro atoms. The van der Waals surface area contributed by atoms with E-state index >= 15 is 0 Å². The van der Waals surface area contributed by atoms with Gasteiger partial charge in [0.25, 0.3) is 11.7 Å². The highest BCUT2D eigenvalue weighted by molar-refractivity contribution is 6.48. The monoisotopic (exact) mass is 457 g/mol. The van der Waals surface area contributed by atoms with Crippen LogP contribution in [0.25, 0.3) is 21.7 Å². The van der Waals surface area contributed by atoms with Gasteiger partial charge in [-0.15, -0.1) is 0 Å². The van der Waals surface area contributed by atoms with Crippen molar-refractivity contribution in [3.8, 4) is 5.75 Å². The number of hydrogen-bond donors (Lipinski definition) is 1. The van der Waals surface area contributed by atoms with Crippen LogP contribution < -0.4 is 10.1 Å². The molecule has 1 saturated heterocycles. The van der Waals surface area contributed by atoms with Gasteiger partial charge in [0, 0.05) is 60.2 Å². The fourth-order valence-corrected chi connectivity index (χ4v) is 4.44. The first-order chi connectivity index (χ1) is 16.6. The number of amides is 1. The Labute approximate surface area is 197 Å². The van der Waals surface area contributed by atoms with Gasteiger partial charge in [-0.3, -0.25) is 14.5 Å². The molecular weight excluding hydrogens is 430 g/mol. The number of aryl methyl sites for hydroxylation is 1. The number of benzene rings is 3. The summed E-state index contributed by atoms with van der Waals surface area (Å²) in [5, 5.41) is 5.29. The van der Waals surface area contributed by atoms with Crippen LogP contribution in [0.1, 0.15) is 10.4 Å². The molecule has 1 fully saturated rings. The molecule has 1 amide bonds. The second-order valence-electron chi connectivity index (χ2n) is 8.41. The number of Topliss-reactive ketones (excluding diaryl/α,β-unsaturated/α-hetero) is 1. The summed E-state index contributed by atoms with van der Waals surface area (Å²) in [6.07, 6.45) is 1.70. The molecule has 7 heteroatoms. The van der Waals surface area contributed by atoms with E-state index in [1.807, 2.05) is 66.2 Å². The van der Waals surface area contributed by atoms with Crippen LogP contribution >= 0.6 is 0 Å². The van der Waals surface area contributed by atoms with Gasteiger partial charge in [-0.05, 0) is 18.2 Å². The van der Waals surface area contributed by atoms with Crippen molar-refractivity contribution in [2.45, 2.75) is 0 Å². The van der Waals surface area contributed by atoms with Crippen LogP contribution in [-0.4, -0.2) is 60.6 Å². The third-order valence-corrected chi connectivity index (χ3v) is 6.25. The van der Waals surface area contributed by atoms with Crippen LogP contribution in [-0.2, 0) is 16.6 Å². The number of morpholine rings is 1. The Kier molecular flexibility index (Phi) is 6.29. The molecule has 5 rings (SSSR count). The molecule has 0 aliphatic carbocycles. The zero-order valence-corrected chi connectivity index (χ0v) is 19.1. The molecule has 1 aromatic heterocycles. The van der Waals surface area contributed by atoms with Crippen molar-refractivity contribution < 1.29 is 19.1 Å². The molecule has 34 heavy (non-hydrogen) atoms. The molecule has 0 bridgehead atoms. The van der Waals surface area contributed by atoms with Crippen LogP contribution in [0.15, 0.2) is 66.9 Å². The van der Waals surface area contributed by atoms with E-state index in [2.05, 4.69) is 10.2 Å². The summed E-state index contributed by atoms with van der Waals surface area (Å²) < 4.78 is 13.3. The second-order valence-corrected chi connectivity index (χ2v) is 8.41. The average molecular weight is 458 g/mol. The van der Waals surface area contributed by atoms with Gasteiger partial charge < -0.3 is 19.4 Å². The van der Waals surface area contributed by atoms with Gasteiger partial charge in [-0.1, -0.05) is 42.5 Å². The zero-order valence-electron chi connectivity index (χ0n) is 19.1. The SMILES string of the molecule is Cn1cc(C(=O)C(=O)Nc2ccc(OCCN3CCOCC3)c3ccccc23)c2ccccc21. The maximum Gasteiger partial charge on any atom is 0.296 e. The van der Waals surface area contributed by atoms with E-state index in [4.69, 9.17) is 9.47 Å². The summed E-state index contributed by atoms with van der Waals surface area (Å²) in [6, 6.07) is 18.9. The number of fused-ring (bicyclic) bond motifs is 2. The minimum absolute atomic E-state index is 0.392. The fraction of sp³-hybridized carbons (Fsp3) is 0.259. The molecule has 4 aromatic rings. The van der Waals surface area contributed by atoms with E-state index in [0.29, 0.717) is 17.9 Å². The molecule has 0 saturated carbocycles. The van der Waals surface area contributed by atoms with Gasteiger partial charge >= 0.3 is 0 Å². The lowest BCUT2D eigenvalue weighted by atomic mass is 10.1. The third kappa shape index (κ3) is 4.40. The van der Waals surface area contributed by atoms with E-state index in [1.165, 1.54) is 0 Å². The van der Waals surface area contributed by atoms with Crippen LogP contribution in [0.4, 0.5) is 5.69 Å². The Morgan fingerprint density at radius 1 is 0.941 bits per heavy atom. The summed E-state index contributed by atoms with van der Waals surface area (Å²) in [7, 11) is 1.86. The molecule has 0 atom stereocenters. The standard InChI is InChI=1S/C27H27N3O4/c1-29-18-22(20-7-4-5-9-24(20)29)26(31)27(32)28-23-10-11-25(21-8-3-2-6-19(21)23)34-17-14-30-12-15-33-16-13-30/h2-11,18H,12-17H2,1H3,(H,28,32). The molecular formula is C27H27N3O4. The number of aromatic nitrogens is 1. The lowest BCUT2D eigenvalue weighted by Crippen LogP contribution is -2.38. The molecule has 174 valence electrons. The van der Waals surface area contributed by atoms with Crippen molar-refractivity contribution in [2.75, 3.05) is 44.8 Å². The largest absolute Gasteiger partial charge is 0.492 e. The van der Waals surface area contributed by atoms with Crippen molar-refractivity contribution in [2.24, 2.45) is 7.05 Å². The van der Waals surface area contributed by atoms with E-state index in [-0.39, 0.29) is 0 Å². The van der Waals surface area contributed by atoms with Crippen LogP contribution in [0.2, 0.25) is 0 Å². The molecule has 1 aliphatic rings. The number of ether oxygens (including phenoxy) is 2. The highest BCUT2D eigenvalue weighted by Crippen LogP contribution is 2.32. The van der Waals surface area contributed by atoms with Crippen LogP contribution in [0.5, 0.6) is 5.75 Å². The highest BCUT2D eigenvalue weighted by atomic mass is 16.5. The third-order valence-electron chi connectivity index (χ3n) is 6.25. The first-order valence-electron chi connectivity index (χ1n) is 11.5. The Bertz CT molecular complexity index is 1350. The van der Waals surface area contributed by atoms with E-state index in [0.717, 1.165) is 60.3 Å². The second kappa shape index (κ2) is 9.67. The summed E-state index contributed by atoms with van der Waals surface area (Å²) in [5.41, 5.74) is 1.88. The Hall–Kier alpha value is -3.68. The van der Waals surface area contributed by atoms with Gasteiger partial charge in [-0.25, -0.2) is 0 Å². The number of carbonyl (C=O) groups excluding carboxylic acids is 2. The maximum atomic E-state index is 13.0. The lowest BCUT2D eigenvalue weighted by molar-refractivity contribution is -0.112. The van der Waals surface area contributed by atoms with E-state index in [1.54, 1.807) is 12.3 Å². The minimum Gasteiger partial charge on any atom is -0.492 e. The molecule has 3 aromatic carbocycles. The number of anilines is 1. The number of para-hydroxylation sites is 1. The minimum atomic E-state index is -0.664. The van der Waals surface area contributed by atoms with Crippen molar-refractivity contribution >= 4 is 39.1 Å². The number of rotatable bonds is 7. The van der Waals surface area contributed by atoms with Gasteiger partial charge in [0.05, 0.1) is 18.8 Å². The Balaban J connectivity index is 1.34. The van der Waals surface area contributed by atoms with Gasteiger partial charge in [0.15, 0.2) is 0 Å². The molecule has 0 unspecified atom stereocenters. The summed E-state index contributed by atoms with van der Waals surface area (Å²) in [4.78, 5) is 28.3. The number of carbonyl (C=O) groups is 2. The van der Waals surface area contributed by atoms with Gasteiger partial charge in [-0.2, -0.15) is 0 Å². The summed E-state index contributed by atoms with van der Waals surface area (Å²) >= 11 is 0. The highest BCUT2D eigenvalue weighted by Gasteiger charge is 2.22. The average Bonchev–Trinajstić information content (AvgIpc) is 3.22. The van der Waals surface area contributed by atoms with Crippen LogP contribution in [0.3, 0.4) is 0 Å². The normalized spacial score (nSPS) is 14.4. The number of hydrogen-bond acceptors (Lipinski definition) is 5. The van der Waals surface area contributed by atoms with Crippen molar-refractivity contribution in [3.05, 3.63) is 72.4 Å². The maximum absolute atomic E-state index is 13.0. The number of ketones is 1. The molecule has 7 nitrogen and oxygen atoms in total. The zero-order chi connectivity index (χ0) is 23.5. The van der Waals surface area contributed by atoms with Crippen LogP contribution in [0, 0.1) is 0 Å². The Morgan fingerprint density at radius 3 is 2.44 bits per heavy atom. The van der Waals surface area contributed by atoms with E-state index in [9.17, 15) is 9.59 Å². The molecule has 2 heterocycles. The van der Waals surface area contributed by atoms with Crippen molar-refractivity contribution in [1.29, 1.82) is 0 Å². The first-order valence-corrected chi connectivity index (χ1v) is 11.5. The predicted octanol–water partition coefficient (Wildman–Crippen LogP) is 3.86. The van der Waals surface area contributed by atoms with Gasteiger partial charge in [0.1, 0.15) is 12.4 Å². The topological polar surface area (TPSA) is 72.8 Å². The first kappa shape index (κ1) is 22.1. The number of nitrogens with one attached hydrogen (secondary N) is 1. The predicted molar refractivity (Wildman–Crippen MR) is 133 cm³/mol. The van der Waals surface area contributed by atoms with Gasteiger partial charge in [0.2, 0.25) is 0 Å². The van der Waals surface area contributed by atoms with E-state index < -0.39 is 11.7 Å². The lowest BCUT2D eigenvalue weighted by Gasteiger charge is -2.26. The quantitative estimate of drug-likeness (QED) is 0.337. The molecule has 1 N–H and O–H groups in total. The molecule has 1 aliphatic heterocycles.